The van der Waals surface area contributed by atoms with Crippen LogP contribution in [-0.4, -0.2) is 28.6 Å². The molecule has 1 aromatic rings. The van der Waals surface area contributed by atoms with Gasteiger partial charge >= 0.3 is 5.97 Å². The number of hydrogen-bond acceptors (Lipinski definition) is 2. The molecule has 1 aromatic carbocycles. The van der Waals surface area contributed by atoms with E-state index < -0.39 is 5.97 Å². The molecule has 1 fully saturated rings. The van der Waals surface area contributed by atoms with Crippen LogP contribution in [-0.2, 0) is 4.79 Å². The van der Waals surface area contributed by atoms with E-state index in [1.165, 1.54) is 22.0 Å². The molecule has 0 aromatic heterocycles. The van der Waals surface area contributed by atoms with Gasteiger partial charge in [-0.3, -0.25) is 9.69 Å². The first-order valence-corrected chi connectivity index (χ1v) is 7.89. The van der Waals surface area contributed by atoms with Crippen LogP contribution < -0.4 is 0 Å². The average molecular weight is 373 g/mol. The second kappa shape index (κ2) is 6.70. The van der Waals surface area contributed by atoms with Gasteiger partial charge in [0.15, 0.2) is 0 Å². The molecular formula is C15H20INO2. The lowest BCUT2D eigenvalue weighted by Crippen LogP contribution is -2.39. The van der Waals surface area contributed by atoms with E-state index in [0.29, 0.717) is 6.04 Å². The number of aliphatic carboxylic acids is 1. The van der Waals surface area contributed by atoms with E-state index in [9.17, 15) is 4.79 Å². The lowest BCUT2D eigenvalue weighted by atomic mass is 10.0. The van der Waals surface area contributed by atoms with Crippen molar-refractivity contribution in [1.82, 2.24) is 4.90 Å². The predicted molar refractivity (Wildman–Crippen MR) is 84.2 cm³/mol. The summed E-state index contributed by atoms with van der Waals surface area (Å²) in [6.07, 6.45) is 4.70. The maximum Gasteiger partial charge on any atom is 0.317 e. The topological polar surface area (TPSA) is 40.5 Å². The van der Waals surface area contributed by atoms with Crippen LogP contribution in [0.4, 0.5) is 0 Å². The van der Waals surface area contributed by atoms with E-state index in [1.54, 1.807) is 0 Å². The number of hydrogen-bond donors (Lipinski definition) is 1. The molecular weight excluding hydrogens is 353 g/mol. The third-order valence-electron chi connectivity index (χ3n) is 3.96. The Morgan fingerprint density at radius 3 is 2.47 bits per heavy atom. The maximum absolute atomic E-state index is 11.1. The summed E-state index contributed by atoms with van der Waals surface area (Å²) in [5.74, 6) is -0.732. The molecule has 3 nitrogen and oxygen atoms in total. The molecule has 4 heteroatoms. The molecule has 0 amide bonds. The number of rotatable bonds is 5. The molecule has 104 valence electrons. The fourth-order valence-electron chi connectivity index (χ4n) is 2.91. The summed E-state index contributed by atoms with van der Waals surface area (Å²) >= 11 is 2.29. The number of benzene rings is 1. The fourth-order valence-corrected chi connectivity index (χ4v) is 3.27. The van der Waals surface area contributed by atoms with E-state index in [4.69, 9.17) is 5.11 Å². The van der Waals surface area contributed by atoms with Crippen LogP contribution in [0.2, 0.25) is 0 Å². The van der Waals surface area contributed by atoms with Crippen LogP contribution in [0.25, 0.3) is 0 Å². The second-order valence-electron chi connectivity index (χ2n) is 5.23. The summed E-state index contributed by atoms with van der Waals surface area (Å²) in [7, 11) is 0. The van der Waals surface area contributed by atoms with Crippen LogP contribution in [0.15, 0.2) is 24.3 Å². The molecule has 1 N–H and O–H groups in total. The third kappa shape index (κ3) is 3.92. The summed E-state index contributed by atoms with van der Waals surface area (Å²) in [4.78, 5) is 13.3. The summed E-state index contributed by atoms with van der Waals surface area (Å²) < 4.78 is 1.21. The van der Waals surface area contributed by atoms with Crippen molar-refractivity contribution >= 4 is 28.6 Å². The standard InChI is InChI=1S/C15H20INO2/c1-11(12-6-8-13(16)9-7-12)17(10-15(18)19)14-4-2-3-5-14/h6-9,11,14H,2-5,10H2,1H3,(H,18,19). The van der Waals surface area contributed by atoms with E-state index in [1.807, 2.05) is 0 Å². The van der Waals surface area contributed by atoms with Gasteiger partial charge < -0.3 is 5.11 Å². The molecule has 1 saturated carbocycles. The highest BCUT2D eigenvalue weighted by Gasteiger charge is 2.28. The van der Waals surface area contributed by atoms with Crippen LogP contribution in [0.5, 0.6) is 0 Å². The van der Waals surface area contributed by atoms with E-state index >= 15 is 0 Å². The lowest BCUT2D eigenvalue weighted by molar-refractivity contribution is -0.139. The van der Waals surface area contributed by atoms with Crippen LogP contribution in [0.3, 0.4) is 0 Å². The minimum atomic E-state index is -0.732. The Bertz CT molecular complexity index is 426. The zero-order chi connectivity index (χ0) is 13.8. The Labute approximate surface area is 128 Å². The summed E-state index contributed by atoms with van der Waals surface area (Å²) in [5.41, 5.74) is 1.20. The highest BCUT2D eigenvalue weighted by atomic mass is 127. The van der Waals surface area contributed by atoms with Gasteiger partial charge in [-0.2, -0.15) is 0 Å². The molecule has 0 radical (unpaired) electrons. The smallest absolute Gasteiger partial charge is 0.317 e. The molecule has 1 aliphatic rings. The Hall–Kier alpha value is -0.620. The lowest BCUT2D eigenvalue weighted by Gasteiger charge is -2.33. The Morgan fingerprint density at radius 1 is 1.37 bits per heavy atom. The minimum Gasteiger partial charge on any atom is -0.480 e. The Kier molecular flexibility index (Phi) is 5.21. The second-order valence-corrected chi connectivity index (χ2v) is 6.48. The third-order valence-corrected chi connectivity index (χ3v) is 4.68. The van der Waals surface area contributed by atoms with Gasteiger partial charge in [-0.15, -0.1) is 0 Å². The van der Waals surface area contributed by atoms with Gasteiger partial charge in [-0.25, -0.2) is 0 Å². The van der Waals surface area contributed by atoms with Gasteiger partial charge in [0, 0.05) is 15.7 Å². The largest absolute Gasteiger partial charge is 0.480 e. The van der Waals surface area contributed by atoms with Gasteiger partial charge in [0.2, 0.25) is 0 Å². The molecule has 1 aliphatic carbocycles. The van der Waals surface area contributed by atoms with Gasteiger partial charge in [0.25, 0.3) is 0 Å². The van der Waals surface area contributed by atoms with Gasteiger partial charge in [0.1, 0.15) is 0 Å². The molecule has 1 atom stereocenters. The van der Waals surface area contributed by atoms with Gasteiger partial charge in [0.05, 0.1) is 6.54 Å². The molecule has 2 rings (SSSR count). The molecule has 1 unspecified atom stereocenters. The zero-order valence-electron chi connectivity index (χ0n) is 11.2. The van der Waals surface area contributed by atoms with Crippen molar-refractivity contribution in [3.63, 3.8) is 0 Å². The number of halogens is 1. The van der Waals surface area contributed by atoms with Crippen molar-refractivity contribution in [3.8, 4) is 0 Å². The average Bonchev–Trinajstić information content (AvgIpc) is 2.89. The number of carboxylic acid groups (broad SMARTS) is 1. The fraction of sp³-hybridized carbons (Fsp3) is 0.533. The SMILES string of the molecule is CC(c1ccc(I)cc1)N(CC(=O)O)C1CCCC1. The molecule has 0 saturated heterocycles. The van der Waals surface area contributed by atoms with Crippen molar-refractivity contribution in [2.45, 2.75) is 44.7 Å². The highest BCUT2D eigenvalue weighted by molar-refractivity contribution is 14.1. The predicted octanol–water partition coefficient (Wildman–Crippen LogP) is 3.68. The van der Waals surface area contributed by atoms with Crippen LogP contribution in [0.1, 0.15) is 44.2 Å². The van der Waals surface area contributed by atoms with Gasteiger partial charge in [-0.1, -0.05) is 25.0 Å². The van der Waals surface area contributed by atoms with Crippen molar-refractivity contribution < 1.29 is 9.90 Å². The summed E-state index contributed by atoms with van der Waals surface area (Å²) in [6, 6.07) is 8.97. The minimum absolute atomic E-state index is 0.137. The molecule has 0 heterocycles. The van der Waals surface area contributed by atoms with E-state index in [-0.39, 0.29) is 12.6 Å². The number of carbonyl (C=O) groups is 1. The van der Waals surface area contributed by atoms with Gasteiger partial charge in [-0.05, 0) is 60.1 Å². The first-order chi connectivity index (χ1) is 9.08. The summed E-state index contributed by atoms with van der Waals surface area (Å²) in [6.45, 7) is 2.25. The Balaban J connectivity index is 2.16. The normalized spacial score (nSPS) is 17.8. The molecule has 19 heavy (non-hydrogen) atoms. The van der Waals surface area contributed by atoms with Crippen molar-refractivity contribution in [1.29, 1.82) is 0 Å². The van der Waals surface area contributed by atoms with Crippen molar-refractivity contribution in [3.05, 3.63) is 33.4 Å². The zero-order valence-corrected chi connectivity index (χ0v) is 13.3. The Morgan fingerprint density at radius 2 is 1.95 bits per heavy atom. The first-order valence-electron chi connectivity index (χ1n) is 6.81. The molecule has 0 aliphatic heterocycles. The quantitative estimate of drug-likeness (QED) is 0.801. The van der Waals surface area contributed by atoms with Crippen molar-refractivity contribution in [2.75, 3.05) is 6.54 Å². The first kappa shape index (κ1) is 14.8. The van der Waals surface area contributed by atoms with E-state index in [2.05, 4.69) is 58.7 Å². The monoisotopic (exact) mass is 373 g/mol. The molecule has 0 bridgehead atoms. The van der Waals surface area contributed by atoms with Crippen LogP contribution >= 0.6 is 22.6 Å². The van der Waals surface area contributed by atoms with E-state index in [0.717, 1.165) is 12.8 Å². The summed E-state index contributed by atoms with van der Waals surface area (Å²) in [5, 5.41) is 9.14. The van der Waals surface area contributed by atoms with Crippen LogP contribution in [0, 0.1) is 3.57 Å². The number of nitrogens with zero attached hydrogens (tertiary/aromatic N) is 1. The highest BCUT2D eigenvalue weighted by Crippen LogP contribution is 2.30. The molecule has 0 spiro atoms. The maximum atomic E-state index is 11.1. The van der Waals surface area contributed by atoms with Crippen molar-refractivity contribution in [2.24, 2.45) is 0 Å². The number of carboxylic acids is 1.